The van der Waals surface area contributed by atoms with Crippen LogP contribution in [0.15, 0.2) is 65.9 Å². The number of nitrogens with one attached hydrogen (secondary N) is 3. The first kappa shape index (κ1) is 28.3. The molecule has 6 rings (SSSR count). The van der Waals surface area contributed by atoms with Gasteiger partial charge in [0.2, 0.25) is 0 Å². The van der Waals surface area contributed by atoms with E-state index >= 15 is 0 Å². The molecule has 7 N–H and O–H groups in total. The highest BCUT2D eigenvalue weighted by molar-refractivity contribution is 5.96. The third-order valence-electron chi connectivity index (χ3n) is 8.42. The maximum atomic E-state index is 12.8. The van der Waals surface area contributed by atoms with E-state index in [9.17, 15) is 9.59 Å². The van der Waals surface area contributed by atoms with Gasteiger partial charge in [-0.15, -0.1) is 0 Å². The lowest BCUT2D eigenvalue weighted by atomic mass is 9.97. The Morgan fingerprint density at radius 2 is 1.88 bits per heavy atom. The van der Waals surface area contributed by atoms with Crippen LogP contribution < -0.4 is 32.3 Å². The second kappa shape index (κ2) is 11.4. The monoisotopic (exact) mass is 582 g/mol. The Labute approximate surface area is 250 Å². The zero-order valence-electron chi connectivity index (χ0n) is 24.7. The number of aldehydes is 1. The van der Waals surface area contributed by atoms with E-state index in [2.05, 4.69) is 55.5 Å². The smallest absolute Gasteiger partial charge is 0.269 e. The molecule has 1 atom stereocenters. The molecule has 2 fully saturated rings. The SMILES string of the molecule is CN/C(N)=C/C(Nc1cccc2c1N(C)Cc1c-2cnn1C1CN(C(C)c2cccc(C=O)n2)C1)=C(\N)C(=O)NC1CC1. The molecule has 2 aromatic heterocycles. The number of rotatable bonds is 10. The van der Waals surface area contributed by atoms with Crippen molar-refractivity contribution in [2.24, 2.45) is 11.5 Å². The summed E-state index contributed by atoms with van der Waals surface area (Å²) in [6.45, 7) is 4.47. The van der Waals surface area contributed by atoms with Crippen LogP contribution in [0.25, 0.3) is 11.1 Å². The van der Waals surface area contributed by atoms with E-state index in [1.54, 1.807) is 19.2 Å². The molecular weight excluding hydrogens is 544 g/mol. The summed E-state index contributed by atoms with van der Waals surface area (Å²) < 4.78 is 2.15. The van der Waals surface area contributed by atoms with Gasteiger partial charge in [-0.25, -0.2) is 4.98 Å². The molecule has 43 heavy (non-hydrogen) atoms. The quantitative estimate of drug-likeness (QED) is 0.136. The molecule has 1 aliphatic carbocycles. The maximum absolute atomic E-state index is 12.8. The number of amides is 1. The van der Waals surface area contributed by atoms with E-state index in [-0.39, 0.29) is 29.7 Å². The van der Waals surface area contributed by atoms with Crippen LogP contribution in [0.5, 0.6) is 0 Å². The molecule has 1 saturated heterocycles. The van der Waals surface area contributed by atoms with Gasteiger partial charge < -0.3 is 32.3 Å². The largest absolute Gasteiger partial charge is 0.393 e. The Kier molecular flexibility index (Phi) is 7.53. The molecule has 1 aromatic carbocycles. The Hall–Kier alpha value is -4.84. The van der Waals surface area contributed by atoms with E-state index in [1.807, 2.05) is 30.5 Å². The van der Waals surface area contributed by atoms with E-state index in [0.29, 0.717) is 23.8 Å². The maximum Gasteiger partial charge on any atom is 0.269 e. The standard InChI is InChI=1S/C31H38N10O2/c1-18(24-8-4-6-20(17-42)36-24)40-14-21(15-40)41-27-16-39(3)30-22(23(27)13-35-41)7-5-9-25(30)38-26(12-28(32)34-2)29(33)31(43)37-19-10-11-19/h4-9,12-13,17-19,21,34,38H,10-11,14-16,32-33H2,1-3H3,(H,37,43)/b28-12+,29-26+. The first-order chi connectivity index (χ1) is 20.8. The molecular formula is C31H38N10O2. The van der Waals surface area contributed by atoms with Crippen molar-refractivity contribution in [1.29, 1.82) is 0 Å². The zero-order chi connectivity index (χ0) is 30.2. The van der Waals surface area contributed by atoms with Crippen molar-refractivity contribution in [2.75, 3.05) is 37.4 Å². The molecule has 12 nitrogen and oxygen atoms in total. The highest BCUT2D eigenvalue weighted by atomic mass is 16.2. The number of allylic oxidation sites excluding steroid dienone is 1. The topological polar surface area (TPSA) is 159 Å². The number of hydrogen-bond donors (Lipinski definition) is 5. The second-order valence-corrected chi connectivity index (χ2v) is 11.4. The normalized spacial score (nSPS) is 18.1. The summed E-state index contributed by atoms with van der Waals surface area (Å²) in [7, 11) is 3.76. The summed E-state index contributed by atoms with van der Waals surface area (Å²) in [5, 5.41) is 14.1. The van der Waals surface area contributed by atoms with Gasteiger partial charge in [0.1, 0.15) is 11.4 Å². The fraction of sp³-hybridized carbons (Fsp3) is 0.355. The number of nitrogens with zero attached hydrogens (tertiary/aromatic N) is 5. The van der Waals surface area contributed by atoms with Crippen LogP contribution in [0, 0.1) is 0 Å². The average molecular weight is 583 g/mol. The molecule has 0 spiro atoms. The van der Waals surface area contributed by atoms with Crippen molar-refractivity contribution in [3.05, 3.63) is 83.0 Å². The summed E-state index contributed by atoms with van der Waals surface area (Å²) in [6, 6.07) is 12.1. The van der Waals surface area contributed by atoms with Crippen LogP contribution in [0.3, 0.4) is 0 Å². The van der Waals surface area contributed by atoms with Gasteiger partial charge in [-0.1, -0.05) is 18.2 Å². The number of para-hydroxylation sites is 1. The van der Waals surface area contributed by atoms with Crippen LogP contribution in [0.1, 0.15) is 53.7 Å². The fourth-order valence-corrected chi connectivity index (χ4v) is 5.74. The highest BCUT2D eigenvalue weighted by Gasteiger charge is 2.36. The number of carbonyl (C=O) groups excluding carboxylic acids is 2. The summed E-state index contributed by atoms with van der Waals surface area (Å²) >= 11 is 0. The van der Waals surface area contributed by atoms with Crippen molar-refractivity contribution in [3.63, 3.8) is 0 Å². The minimum absolute atomic E-state index is 0.0755. The number of aromatic nitrogens is 3. The van der Waals surface area contributed by atoms with Crippen molar-refractivity contribution in [3.8, 4) is 11.1 Å². The van der Waals surface area contributed by atoms with Gasteiger partial charge in [0.05, 0.1) is 53.1 Å². The molecule has 1 amide bonds. The second-order valence-electron chi connectivity index (χ2n) is 11.4. The summed E-state index contributed by atoms with van der Waals surface area (Å²) in [5.41, 5.74) is 19.3. The summed E-state index contributed by atoms with van der Waals surface area (Å²) in [5.74, 6) is 0.0606. The predicted octanol–water partition coefficient (Wildman–Crippen LogP) is 2.21. The third kappa shape index (κ3) is 5.53. The van der Waals surface area contributed by atoms with Crippen LogP contribution >= 0.6 is 0 Å². The number of hydrogen-bond acceptors (Lipinski definition) is 10. The number of pyridine rings is 1. The Balaban J connectivity index is 1.25. The first-order valence-corrected chi connectivity index (χ1v) is 14.6. The van der Waals surface area contributed by atoms with Crippen molar-refractivity contribution >= 4 is 23.6 Å². The highest BCUT2D eigenvalue weighted by Crippen LogP contribution is 2.44. The van der Waals surface area contributed by atoms with Crippen LogP contribution in [0.4, 0.5) is 11.4 Å². The van der Waals surface area contributed by atoms with E-state index in [1.165, 1.54) is 0 Å². The molecule has 12 heteroatoms. The van der Waals surface area contributed by atoms with Gasteiger partial charge in [0, 0.05) is 56.5 Å². The van der Waals surface area contributed by atoms with E-state index in [4.69, 9.17) is 16.6 Å². The van der Waals surface area contributed by atoms with Gasteiger partial charge in [-0.3, -0.25) is 19.2 Å². The third-order valence-corrected chi connectivity index (χ3v) is 8.42. The lowest BCUT2D eigenvalue weighted by Crippen LogP contribution is -2.49. The Morgan fingerprint density at radius 1 is 1.12 bits per heavy atom. The van der Waals surface area contributed by atoms with Crippen molar-refractivity contribution in [2.45, 2.75) is 44.4 Å². The lowest BCUT2D eigenvalue weighted by molar-refractivity contribution is -0.117. The van der Waals surface area contributed by atoms with Gasteiger partial charge in [-0.05, 0) is 38.0 Å². The number of nitrogens with two attached hydrogens (primary N) is 2. The minimum atomic E-state index is -0.317. The average Bonchev–Trinajstić information content (AvgIpc) is 3.72. The molecule has 0 radical (unpaired) electrons. The molecule has 1 saturated carbocycles. The molecule has 1 unspecified atom stereocenters. The van der Waals surface area contributed by atoms with Crippen molar-refractivity contribution < 1.29 is 9.59 Å². The molecule has 224 valence electrons. The molecule has 4 heterocycles. The van der Waals surface area contributed by atoms with Crippen molar-refractivity contribution in [1.82, 2.24) is 30.3 Å². The number of anilines is 2. The fourth-order valence-electron chi connectivity index (χ4n) is 5.74. The van der Waals surface area contributed by atoms with Crippen LogP contribution in [-0.2, 0) is 11.3 Å². The number of fused-ring (bicyclic) bond motifs is 3. The van der Waals surface area contributed by atoms with Crippen LogP contribution in [-0.4, -0.2) is 65.1 Å². The number of benzene rings is 1. The number of likely N-dealkylation sites (tertiary alicyclic amines) is 1. The zero-order valence-corrected chi connectivity index (χ0v) is 24.7. The summed E-state index contributed by atoms with van der Waals surface area (Å²) in [4.78, 5) is 33.0. The minimum Gasteiger partial charge on any atom is -0.393 e. The predicted molar refractivity (Wildman–Crippen MR) is 166 cm³/mol. The van der Waals surface area contributed by atoms with Crippen LogP contribution in [0.2, 0.25) is 0 Å². The van der Waals surface area contributed by atoms with Gasteiger partial charge in [-0.2, -0.15) is 5.10 Å². The molecule has 3 aliphatic rings. The molecule has 3 aromatic rings. The lowest BCUT2D eigenvalue weighted by Gasteiger charge is -2.44. The van der Waals surface area contributed by atoms with Gasteiger partial charge in [0.25, 0.3) is 5.91 Å². The number of carbonyl (C=O) groups is 2. The molecule has 2 aliphatic heterocycles. The summed E-state index contributed by atoms with van der Waals surface area (Å²) in [6.07, 6.45) is 6.30. The molecule has 0 bridgehead atoms. The van der Waals surface area contributed by atoms with Gasteiger partial charge in [0.15, 0.2) is 6.29 Å². The van der Waals surface area contributed by atoms with E-state index in [0.717, 1.165) is 66.1 Å². The Bertz CT molecular complexity index is 1620. The van der Waals surface area contributed by atoms with E-state index < -0.39 is 0 Å². The van der Waals surface area contributed by atoms with Gasteiger partial charge >= 0.3 is 0 Å². The first-order valence-electron chi connectivity index (χ1n) is 14.6. The Morgan fingerprint density at radius 3 is 2.60 bits per heavy atom.